The molecule has 0 fully saturated rings. The summed E-state index contributed by atoms with van der Waals surface area (Å²) in [5, 5.41) is 5.79. The fourth-order valence-electron chi connectivity index (χ4n) is 3.40. The average Bonchev–Trinajstić information content (AvgIpc) is 2.76. The van der Waals surface area contributed by atoms with Crippen molar-refractivity contribution in [3.05, 3.63) is 77.9 Å². The number of ether oxygens (including phenoxy) is 1. The van der Waals surface area contributed by atoms with Gasteiger partial charge in [-0.15, -0.1) is 0 Å². The van der Waals surface area contributed by atoms with Crippen molar-refractivity contribution in [2.75, 3.05) is 21.3 Å². The van der Waals surface area contributed by atoms with E-state index in [2.05, 4.69) is 29.6 Å². The number of hydrogen-bond donors (Lipinski definition) is 1. The Kier molecular flexibility index (Phi) is 6.53. The molecule has 1 unspecified atom stereocenters. The molecule has 5 nitrogen and oxygen atoms in total. The van der Waals surface area contributed by atoms with E-state index in [4.69, 9.17) is 13.8 Å². The van der Waals surface area contributed by atoms with E-state index in [-0.39, 0.29) is 6.04 Å². The van der Waals surface area contributed by atoms with Gasteiger partial charge in [-0.3, -0.25) is 9.88 Å². The first kappa shape index (κ1) is 20.6. The van der Waals surface area contributed by atoms with Crippen LogP contribution < -0.4 is 10.1 Å². The van der Waals surface area contributed by atoms with Crippen LogP contribution in [0.2, 0.25) is 0 Å². The Balaban J connectivity index is 1.99. The normalized spacial score (nSPS) is 14.0. The summed E-state index contributed by atoms with van der Waals surface area (Å²) in [4.78, 5) is 0. The molecule has 28 heavy (non-hydrogen) atoms. The van der Waals surface area contributed by atoms with Gasteiger partial charge in [-0.2, -0.15) is 0 Å². The monoisotopic (exact) mass is 399 g/mol. The Morgan fingerprint density at radius 1 is 0.857 bits per heavy atom. The minimum Gasteiger partial charge on any atom is -0.497 e. The molecule has 0 aliphatic carbocycles. The smallest absolute Gasteiger partial charge is 0.351 e. The van der Waals surface area contributed by atoms with Gasteiger partial charge in [-0.25, -0.2) is 0 Å². The highest BCUT2D eigenvalue weighted by Gasteiger charge is 2.36. The van der Waals surface area contributed by atoms with E-state index in [1.54, 1.807) is 7.11 Å². The molecule has 0 saturated heterocycles. The van der Waals surface area contributed by atoms with Gasteiger partial charge in [0.05, 0.1) is 7.11 Å². The Labute approximate surface area is 166 Å². The molecule has 3 aromatic rings. The van der Waals surface area contributed by atoms with E-state index in [1.165, 1.54) is 14.2 Å². The van der Waals surface area contributed by atoms with Gasteiger partial charge in [0, 0.05) is 20.3 Å². The largest absolute Gasteiger partial charge is 0.497 e. The second kappa shape index (κ2) is 8.89. The standard InChI is InChI=1S/C22H26NO4P/c1-16(20-11-7-9-17-8-5-6-10-21(17)20)23-22(28(24,26-3)27-4)18-12-14-19(25-2)15-13-18/h5-16,22-23H,1-4H3/t16-,22?/m0/s1. The number of nitrogens with one attached hydrogen (secondary N) is 1. The molecular weight excluding hydrogens is 373 g/mol. The third-order valence-corrected chi connectivity index (χ3v) is 7.05. The van der Waals surface area contributed by atoms with Gasteiger partial charge in [-0.05, 0) is 41.0 Å². The second-order valence-corrected chi connectivity index (χ2v) is 8.86. The summed E-state index contributed by atoms with van der Waals surface area (Å²) in [5.41, 5.74) is 1.93. The Bertz CT molecular complexity index is 960. The van der Waals surface area contributed by atoms with E-state index in [1.807, 2.05) is 49.4 Å². The molecule has 0 spiro atoms. The van der Waals surface area contributed by atoms with Crippen molar-refractivity contribution in [3.63, 3.8) is 0 Å². The van der Waals surface area contributed by atoms with Gasteiger partial charge in [-0.1, -0.05) is 54.6 Å². The lowest BCUT2D eigenvalue weighted by Gasteiger charge is -2.29. The van der Waals surface area contributed by atoms with Crippen molar-refractivity contribution in [3.8, 4) is 5.75 Å². The zero-order valence-corrected chi connectivity index (χ0v) is 17.5. The van der Waals surface area contributed by atoms with Crippen molar-refractivity contribution in [2.24, 2.45) is 0 Å². The zero-order chi connectivity index (χ0) is 20.1. The predicted molar refractivity (Wildman–Crippen MR) is 113 cm³/mol. The maximum Gasteiger partial charge on any atom is 0.351 e. The molecule has 1 N–H and O–H groups in total. The van der Waals surface area contributed by atoms with Crippen LogP contribution in [0.5, 0.6) is 5.75 Å². The lowest BCUT2D eigenvalue weighted by Crippen LogP contribution is -2.26. The first-order valence-corrected chi connectivity index (χ1v) is 10.7. The summed E-state index contributed by atoms with van der Waals surface area (Å²) in [7, 11) is 1.01. The van der Waals surface area contributed by atoms with Crippen LogP contribution in [0.25, 0.3) is 10.8 Å². The maximum atomic E-state index is 13.3. The lowest BCUT2D eigenvalue weighted by atomic mass is 9.99. The van der Waals surface area contributed by atoms with E-state index in [0.717, 1.165) is 27.6 Å². The van der Waals surface area contributed by atoms with Gasteiger partial charge >= 0.3 is 7.60 Å². The number of methoxy groups -OCH3 is 1. The van der Waals surface area contributed by atoms with Gasteiger partial charge < -0.3 is 13.8 Å². The van der Waals surface area contributed by atoms with Crippen LogP contribution in [-0.2, 0) is 13.6 Å². The SMILES string of the molecule is COc1ccc(C(N[C@@H](C)c2cccc3ccccc23)P(=O)(OC)OC)cc1. The topological polar surface area (TPSA) is 56.8 Å². The quantitative estimate of drug-likeness (QED) is 0.494. The van der Waals surface area contributed by atoms with Crippen LogP contribution >= 0.6 is 7.60 Å². The third-order valence-electron chi connectivity index (χ3n) is 4.95. The highest BCUT2D eigenvalue weighted by atomic mass is 31.2. The van der Waals surface area contributed by atoms with Crippen LogP contribution in [0.15, 0.2) is 66.7 Å². The Morgan fingerprint density at radius 2 is 1.50 bits per heavy atom. The summed E-state index contributed by atoms with van der Waals surface area (Å²) in [6, 6.07) is 21.7. The van der Waals surface area contributed by atoms with Crippen molar-refractivity contribution < 1.29 is 18.3 Å². The Hall–Kier alpha value is -2.17. The molecule has 0 saturated carbocycles. The first-order valence-electron chi connectivity index (χ1n) is 9.11. The highest BCUT2D eigenvalue weighted by molar-refractivity contribution is 7.54. The molecule has 0 aromatic heterocycles. The number of rotatable bonds is 8. The fourth-order valence-corrected chi connectivity index (χ4v) is 4.91. The molecule has 6 heteroatoms. The van der Waals surface area contributed by atoms with Crippen LogP contribution in [0.3, 0.4) is 0 Å². The van der Waals surface area contributed by atoms with Crippen LogP contribution in [0, 0.1) is 0 Å². The van der Waals surface area contributed by atoms with E-state index < -0.39 is 13.4 Å². The lowest BCUT2D eigenvalue weighted by molar-refractivity contribution is 0.256. The van der Waals surface area contributed by atoms with Crippen LogP contribution in [-0.4, -0.2) is 21.3 Å². The van der Waals surface area contributed by atoms with Crippen molar-refractivity contribution in [1.82, 2.24) is 5.32 Å². The second-order valence-electron chi connectivity index (χ2n) is 6.54. The van der Waals surface area contributed by atoms with Gasteiger partial charge in [0.15, 0.2) is 0 Å². The van der Waals surface area contributed by atoms with Crippen LogP contribution in [0.1, 0.15) is 29.9 Å². The molecule has 3 aromatic carbocycles. The summed E-state index contributed by atoms with van der Waals surface area (Å²) < 4.78 is 29.2. The molecule has 148 valence electrons. The maximum absolute atomic E-state index is 13.3. The molecule has 0 aliphatic rings. The summed E-state index contributed by atoms with van der Waals surface area (Å²) in [5.74, 6) is 0.108. The van der Waals surface area contributed by atoms with Crippen LogP contribution in [0.4, 0.5) is 0 Å². The summed E-state index contributed by atoms with van der Waals surface area (Å²) in [6.45, 7) is 2.05. The molecule has 0 radical (unpaired) electrons. The molecule has 3 rings (SSSR count). The highest BCUT2D eigenvalue weighted by Crippen LogP contribution is 2.59. The van der Waals surface area contributed by atoms with Gasteiger partial charge in [0.25, 0.3) is 0 Å². The van der Waals surface area contributed by atoms with Crippen molar-refractivity contribution >= 4 is 18.4 Å². The number of benzene rings is 3. The van der Waals surface area contributed by atoms with Gasteiger partial charge in [0.1, 0.15) is 11.5 Å². The molecule has 0 amide bonds. The fraction of sp³-hybridized carbons (Fsp3) is 0.273. The average molecular weight is 399 g/mol. The summed E-state index contributed by atoms with van der Waals surface area (Å²) in [6.07, 6.45) is 0. The molecule has 0 aliphatic heterocycles. The van der Waals surface area contributed by atoms with E-state index >= 15 is 0 Å². The van der Waals surface area contributed by atoms with E-state index in [9.17, 15) is 4.57 Å². The molecule has 0 heterocycles. The first-order chi connectivity index (χ1) is 13.5. The molecule has 0 bridgehead atoms. The third kappa shape index (κ3) is 4.13. The van der Waals surface area contributed by atoms with E-state index in [0.29, 0.717) is 0 Å². The zero-order valence-electron chi connectivity index (χ0n) is 16.6. The molecular formula is C22H26NO4P. The molecule has 2 atom stereocenters. The van der Waals surface area contributed by atoms with Gasteiger partial charge in [0.2, 0.25) is 0 Å². The minimum atomic E-state index is -3.42. The summed E-state index contributed by atoms with van der Waals surface area (Å²) >= 11 is 0. The Morgan fingerprint density at radius 3 is 2.14 bits per heavy atom. The number of hydrogen-bond acceptors (Lipinski definition) is 5. The minimum absolute atomic E-state index is 0.0863. The number of fused-ring (bicyclic) bond motifs is 1. The van der Waals surface area contributed by atoms with Crippen molar-refractivity contribution in [1.29, 1.82) is 0 Å². The predicted octanol–water partition coefficient (Wildman–Crippen LogP) is 5.68. The van der Waals surface area contributed by atoms with Crippen molar-refractivity contribution in [2.45, 2.75) is 18.7 Å².